The highest BCUT2D eigenvalue weighted by molar-refractivity contribution is 5.97. The number of benzene rings is 2. The summed E-state index contributed by atoms with van der Waals surface area (Å²) in [4.78, 5) is 36.2. The third kappa shape index (κ3) is 5.95. The normalized spacial score (nSPS) is 11.3. The van der Waals surface area contributed by atoms with Crippen molar-refractivity contribution in [2.24, 2.45) is 0 Å². The van der Waals surface area contributed by atoms with Gasteiger partial charge in [-0.1, -0.05) is 43.3 Å². The van der Waals surface area contributed by atoms with Crippen LogP contribution in [0.5, 0.6) is 0 Å². The molecule has 2 rings (SSSR count). The molecule has 0 aromatic heterocycles. The molecule has 142 valence electrons. The molecule has 1 unspecified atom stereocenters. The Bertz CT molecular complexity index is 790. The molecule has 0 aliphatic carbocycles. The van der Waals surface area contributed by atoms with E-state index in [4.69, 9.17) is 4.74 Å². The Morgan fingerprint density at radius 1 is 1.00 bits per heavy atom. The van der Waals surface area contributed by atoms with E-state index >= 15 is 0 Å². The molecule has 6 heteroatoms. The second-order valence-corrected chi connectivity index (χ2v) is 5.97. The summed E-state index contributed by atoms with van der Waals surface area (Å²) in [6.07, 6.45) is 0.582. The summed E-state index contributed by atoms with van der Waals surface area (Å²) in [6, 6.07) is 15.9. The Balaban J connectivity index is 1.91. The van der Waals surface area contributed by atoms with E-state index in [0.717, 1.165) is 5.56 Å². The lowest BCUT2D eigenvalue weighted by atomic mass is 9.97. The number of nitrogens with one attached hydrogen (secondary N) is 2. The fraction of sp³-hybridized carbons (Fsp3) is 0.286. The second-order valence-electron chi connectivity index (χ2n) is 5.97. The summed E-state index contributed by atoms with van der Waals surface area (Å²) >= 11 is 0. The Morgan fingerprint density at radius 2 is 1.74 bits per heavy atom. The number of ether oxygens (including phenoxy) is 1. The average molecular weight is 368 g/mol. The van der Waals surface area contributed by atoms with E-state index in [9.17, 15) is 14.4 Å². The van der Waals surface area contributed by atoms with Gasteiger partial charge in [0.25, 0.3) is 11.8 Å². The third-order valence-electron chi connectivity index (χ3n) is 3.99. The molecule has 0 radical (unpaired) electrons. The van der Waals surface area contributed by atoms with Crippen LogP contribution in [-0.2, 0) is 14.3 Å². The van der Waals surface area contributed by atoms with Crippen LogP contribution in [0.3, 0.4) is 0 Å². The Kier molecular flexibility index (Phi) is 7.55. The maximum Gasteiger partial charge on any atom is 0.313 e. The van der Waals surface area contributed by atoms with Gasteiger partial charge >= 0.3 is 5.97 Å². The molecule has 2 aromatic rings. The molecule has 0 aliphatic rings. The van der Waals surface area contributed by atoms with Crippen molar-refractivity contribution in [3.05, 3.63) is 65.7 Å². The minimum Gasteiger partial charge on any atom is -0.455 e. The van der Waals surface area contributed by atoms with Crippen LogP contribution in [0.15, 0.2) is 54.6 Å². The van der Waals surface area contributed by atoms with E-state index in [0.29, 0.717) is 24.2 Å². The monoisotopic (exact) mass is 368 g/mol. The van der Waals surface area contributed by atoms with Crippen molar-refractivity contribution in [2.45, 2.75) is 26.2 Å². The number of carbonyl (C=O) groups excluding carboxylic acids is 3. The average Bonchev–Trinajstić information content (AvgIpc) is 2.68. The van der Waals surface area contributed by atoms with Gasteiger partial charge in [-0.05, 0) is 37.1 Å². The topological polar surface area (TPSA) is 84.5 Å². The van der Waals surface area contributed by atoms with Gasteiger partial charge in [0.05, 0.1) is 5.92 Å². The van der Waals surface area contributed by atoms with E-state index in [1.54, 1.807) is 24.3 Å². The van der Waals surface area contributed by atoms with Crippen LogP contribution < -0.4 is 10.6 Å². The molecular weight excluding hydrogens is 344 g/mol. The third-order valence-corrected chi connectivity index (χ3v) is 3.99. The van der Waals surface area contributed by atoms with E-state index in [1.807, 2.05) is 44.2 Å². The first-order chi connectivity index (χ1) is 13.0. The molecular formula is C21H24N2O4. The van der Waals surface area contributed by atoms with Crippen molar-refractivity contribution >= 4 is 23.5 Å². The molecule has 2 N–H and O–H groups in total. The summed E-state index contributed by atoms with van der Waals surface area (Å²) in [5.41, 5.74) is 1.77. The molecule has 27 heavy (non-hydrogen) atoms. The van der Waals surface area contributed by atoms with Crippen LogP contribution in [-0.4, -0.2) is 30.9 Å². The van der Waals surface area contributed by atoms with E-state index in [1.165, 1.54) is 0 Å². The zero-order valence-corrected chi connectivity index (χ0v) is 15.5. The molecule has 0 saturated heterocycles. The number of rotatable bonds is 8. The van der Waals surface area contributed by atoms with E-state index < -0.39 is 17.8 Å². The highest BCUT2D eigenvalue weighted by Crippen LogP contribution is 2.20. The summed E-state index contributed by atoms with van der Waals surface area (Å²) < 4.78 is 5.17. The summed E-state index contributed by atoms with van der Waals surface area (Å²) in [5.74, 6) is -1.51. The first-order valence-corrected chi connectivity index (χ1v) is 8.94. The lowest BCUT2D eigenvalue weighted by Gasteiger charge is -2.14. The molecule has 6 nitrogen and oxygen atoms in total. The van der Waals surface area contributed by atoms with Crippen LogP contribution >= 0.6 is 0 Å². The Morgan fingerprint density at radius 3 is 2.41 bits per heavy atom. The number of esters is 1. The number of hydrogen-bond acceptors (Lipinski definition) is 4. The number of anilines is 1. The van der Waals surface area contributed by atoms with Gasteiger partial charge in [-0.15, -0.1) is 0 Å². The van der Waals surface area contributed by atoms with Crippen molar-refractivity contribution in [1.82, 2.24) is 5.32 Å². The lowest BCUT2D eigenvalue weighted by molar-refractivity contribution is -0.149. The molecule has 0 saturated carbocycles. The predicted octanol–water partition coefficient (Wildman–Crippen LogP) is 3.11. The van der Waals surface area contributed by atoms with Crippen LogP contribution in [0.1, 0.15) is 42.1 Å². The van der Waals surface area contributed by atoms with Gasteiger partial charge in [0.15, 0.2) is 6.61 Å². The van der Waals surface area contributed by atoms with Crippen molar-refractivity contribution in [3.63, 3.8) is 0 Å². The zero-order valence-electron chi connectivity index (χ0n) is 15.5. The van der Waals surface area contributed by atoms with Gasteiger partial charge in [-0.25, -0.2) is 0 Å². The number of hydrogen-bond donors (Lipinski definition) is 2. The predicted molar refractivity (Wildman–Crippen MR) is 104 cm³/mol. The summed E-state index contributed by atoms with van der Waals surface area (Å²) in [7, 11) is 0. The largest absolute Gasteiger partial charge is 0.455 e. The molecule has 0 heterocycles. The van der Waals surface area contributed by atoms with Gasteiger partial charge in [-0.3, -0.25) is 14.4 Å². The zero-order chi connectivity index (χ0) is 19.6. The van der Waals surface area contributed by atoms with E-state index in [-0.39, 0.29) is 12.5 Å². The second kappa shape index (κ2) is 10.1. The van der Waals surface area contributed by atoms with Crippen LogP contribution in [0.4, 0.5) is 5.69 Å². The lowest BCUT2D eigenvalue weighted by Crippen LogP contribution is -2.25. The van der Waals surface area contributed by atoms with Crippen LogP contribution in [0.25, 0.3) is 0 Å². The standard InChI is InChI=1S/C21H24N2O4/c1-3-18(15-9-6-5-7-10-15)21(26)27-14-19(24)23-17-12-8-11-16(13-17)20(25)22-4-2/h5-13,18H,3-4,14H2,1-2H3,(H,22,25)(H,23,24). The fourth-order valence-electron chi connectivity index (χ4n) is 2.66. The van der Waals surface area contributed by atoms with Gasteiger partial charge in [0.1, 0.15) is 0 Å². The van der Waals surface area contributed by atoms with Crippen molar-refractivity contribution < 1.29 is 19.1 Å². The van der Waals surface area contributed by atoms with Crippen LogP contribution in [0, 0.1) is 0 Å². The maximum atomic E-state index is 12.3. The molecule has 0 aliphatic heterocycles. The minimum absolute atomic E-state index is 0.214. The van der Waals surface area contributed by atoms with Gasteiger partial charge < -0.3 is 15.4 Å². The van der Waals surface area contributed by atoms with Gasteiger partial charge in [0.2, 0.25) is 0 Å². The number of carbonyl (C=O) groups is 3. The van der Waals surface area contributed by atoms with E-state index in [2.05, 4.69) is 10.6 Å². The SMILES string of the molecule is CCNC(=O)c1cccc(NC(=O)COC(=O)C(CC)c2ccccc2)c1. The Labute approximate surface area is 158 Å². The smallest absolute Gasteiger partial charge is 0.313 e. The maximum absolute atomic E-state index is 12.3. The van der Waals surface area contributed by atoms with Gasteiger partial charge in [0, 0.05) is 17.8 Å². The van der Waals surface area contributed by atoms with Crippen molar-refractivity contribution in [3.8, 4) is 0 Å². The number of amides is 2. The Hall–Kier alpha value is -3.15. The minimum atomic E-state index is -0.459. The molecule has 0 fully saturated rings. The molecule has 0 bridgehead atoms. The molecule has 1 atom stereocenters. The summed E-state index contributed by atoms with van der Waals surface area (Å²) in [6.45, 7) is 3.86. The van der Waals surface area contributed by atoms with Crippen molar-refractivity contribution in [2.75, 3.05) is 18.5 Å². The first-order valence-electron chi connectivity index (χ1n) is 8.94. The van der Waals surface area contributed by atoms with Gasteiger partial charge in [-0.2, -0.15) is 0 Å². The highest BCUT2D eigenvalue weighted by Gasteiger charge is 2.21. The highest BCUT2D eigenvalue weighted by atomic mass is 16.5. The fourth-order valence-corrected chi connectivity index (χ4v) is 2.66. The van der Waals surface area contributed by atoms with Crippen LogP contribution in [0.2, 0.25) is 0 Å². The quantitative estimate of drug-likeness (QED) is 0.701. The summed E-state index contributed by atoms with van der Waals surface area (Å²) in [5, 5.41) is 5.33. The molecule has 0 spiro atoms. The molecule has 2 aromatic carbocycles. The first kappa shape index (κ1) is 20.2. The van der Waals surface area contributed by atoms with Crippen molar-refractivity contribution in [1.29, 1.82) is 0 Å². The molecule has 2 amide bonds.